The van der Waals surface area contributed by atoms with Crippen molar-refractivity contribution in [3.8, 4) is 5.75 Å². The van der Waals surface area contributed by atoms with Crippen LogP contribution in [0.4, 0.5) is 11.6 Å². The average molecular weight is 258 g/mol. The third-order valence-corrected chi connectivity index (χ3v) is 2.73. The molecule has 2 aromatic rings. The molecule has 19 heavy (non-hydrogen) atoms. The van der Waals surface area contributed by atoms with E-state index in [1.165, 1.54) is 0 Å². The van der Waals surface area contributed by atoms with Gasteiger partial charge in [-0.05, 0) is 19.1 Å². The topological polar surface area (TPSA) is 59.1 Å². The van der Waals surface area contributed by atoms with Gasteiger partial charge in [-0.25, -0.2) is 9.97 Å². The van der Waals surface area contributed by atoms with E-state index in [0.29, 0.717) is 13.2 Å². The summed E-state index contributed by atoms with van der Waals surface area (Å²) in [5, 5.41) is 6.27. The number of hydrogen-bond acceptors (Lipinski definition) is 5. The van der Waals surface area contributed by atoms with E-state index in [1.807, 2.05) is 44.3 Å². The van der Waals surface area contributed by atoms with E-state index >= 15 is 0 Å². The Morgan fingerprint density at radius 1 is 1.11 bits per heavy atom. The molecule has 5 heteroatoms. The highest BCUT2D eigenvalue weighted by Crippen LogP contribution is 2.17. The van der Waals surface area contributed by atoms with E-state index in [9.17, 15) is 0 Å². The zero-order chi connectivity index (χ0) is 13.5. The molecule has 2 rings (SSSR count). The first kappa shape index (κ1) is 13.1. The number of ether oxygens (including phenoxy) is 1. The van der Waals surface area contributed by atoms with Crippen LogP contribution in [-0.4, -0.2) is 30.2 Å². The highest BCUT2D eigenvalue weighted by molar-refractivity contribution is 5.55. The summed E-state index contributed by atoms with van der Waals surface area (Å²) in [7, 11) is 1.84. The van der Waals surface area contributed by atoms with Crippen molar-refractivity contribution in [1.29, 1.82) is 0 Å². The summed E-state index contributed by atoms with van der Waals surface area (Å²) in [5.41, 5.74) is 1.00. The Morgan fingerprint density at radius 2 is 1.84 bits per heavy atom. The Hall–Kier alpha value is -2.30. The minimum atomic E-state index is 0.586. The molecule has 0 unspecified atom stereocenters. The van der Waals surface area contributed by atoms with Gasteiger partial charge in [0.05, 0.1) is 6.54 Å². The van der Waals surface area contributed by atoms with Crippen LogP contribution in [0.2, 0.25) is 0 Å². The Balaban J connectivity index is 1.83. The van der Waals surface area contributed by atoms with Crippen LogP contribution in [0.1, 0.15) is 5.56 Å². The van der Waals surface area contributed by atoms with Crippen LogP contribution in [0.3, 0.4) is 0 Å². The Labute approximate surface area is 113 Å². The van der Waals surface area contributed by atoms with Gasteiger partial charge in [0.2, 0.25) is 0 Å². The van der Waals surface area contributed by atoms with Crippen molar-refractivity contribution in [3.05, 3.63) is 42.2 Å². The fourth-order valence-electron chi connectivity index (χ4n) is 1.74. The summed E-state index contributed by atoms with van der Waals surface area (Å²) in [4.78, 5) is 8.35. The van der Waals surface area contributed by atoms with Gasteiger partial charge >= 0.3 is 0 Å². The summed E-state index contributed by atoms with van der Waals surface area (Å²) < 4.78 is 5.60. The van der Waals surface area contributed by atoms with E-state index in [-0.39, 0.29) is 0 Å². The maximum absolute atomic E-state index is 5.60. The fourth-order valence-corrected chi connectivity index (χ4v) is 1.74. The molecule has 0 bridgehead atoms. The molecular weight excluding hydrogens is 240 g/mol. The second-order valence-electron chi connectivity index (χ2n) is 4.03. The van der Waals surface area contributed by atoms with Gasteiger partial charge in [0.15, 0.2) is 0 Å². The molecular formula is C14H18N4O. The van der Waals surface area contributed by atoms with E-state index in [1.54, 1.807) is 6.33 Å². The summed E-state index contributed by atoms with van der Waals surface area (Å²) in [5.74, 6) is 2.54. The zero-order valence-corrected chi connectivity index (χ0v) is 11.2. The third-order valence-electron chi connectivity index (χ3n) is 2.73. The van der Waals surface area contributed by atoms with E-state index in [2.05, 4.69) is 20.6 Å². The molecule has 1 aromatic heterocycles. The van der Waals surface area contributed by atoms with Crippen LogP contribution in [0.15, 0.2) is 36.7 Å². The molecule has 2 N–H and O–H groups in total. The van der Waals surface area contributed by atoms with Gasteiger partial charge in [0.1, 0.15) is 30.3 Å². The molecule has 100 valence electrons. The number of nitrogens with zero attached hydrogens (tertiary/aromatic N) is 2. The maximum atomic E-state index is 5.60. The van der Waals surface area contributed by atoms with Gasteiger partial charge in [-0.1, -0.05) is 18.2 Å². The van der Waals surface area contributed by atoms with Crippen molar-refractivity contribution in [2.45, 2.75) is 6.92 Å². The molecule has 0 saturated carbocycles. The molecule has 5 nitrogen and oxygen atoms in total. The lowest BCUT2D eigenvalue weighted by molar-refractivity contribution is 0.332. The summed E-state index contributed by atoms with van der Waals surface area (Å²) in [6.45, 7) is 3.25. The van der Waals surface area contributed by atoms with Crippen LogP contribution < -0.4 is 15.4 Å². The van der Waals surface area contributed by atoms with Crippen LogP contribution in [-0.2, 0) is 0 Å². The minimum absolute atomic E-state index is 0.586. The first-order valence-electron chi connectivity index (χ1n) is 6.22. The van der Waals surface area contributed by atoms with Gasteiger partial charge in [0.25, 0.3) is 0 Å². The lowest BCUT2D eigenvalue weighted by atomic mass is 10.3. The first-order valence-corrected chi connectivity index (χ1v) is 6.22. The fraction of sp³-hybridized carbons (Fsp3) is 0.286. The quantitative estimate of drug-likeness (QED) is 0.779. The second-order valence-corrected chi connectivity index (χ2v) is 4.03. The lowest BCUT2D eigenvalue weighted by Crippen LogP contribution is -2.14. The van der Waals surface area contributed by atoms with Gasteiger partial charge in [0, 0.05) is 12.6 Å². The number of benzene rings is 1. The van der Waals surface area contributed by atoms with Crippen molar-refractivity contribution in [1.82, 2.24) is 9.97 Å². The van der Waals surface area contributed by atoms with Crippen LogP contribution in [0.5, 0.6) is 5.75 Å². The van der Waals surface area contributed by atoms with Gasteiger partial charge < -0.3 is 15.4 Å². The molecule has 0 aliphatic rings. The third kappa shape index (κ3) is 3.58. The normalized spacial score (nSPS) is 10.0. The minimum Gasteiger partial charge on any atom is -0.492 e. The first-order chi connectivity index (χ1) is 9.31. The molecule has 0 fully saturated rings. The number of anilines is 2. The zero-order valence-electron chi connectivity index (χ0n) is 11.2. The molecule has 1 aromatic carbocycles. The second kappa shape index (κ2) is 6.58. The Bertz CT molecular complexity index is 516. The number of rotatable bonds is 6. The Morgan fingerprint density at radius 3 is 2.58 bits per heavy atom. The summed E-state index contributed by atoms with van der Waals surface area (Å²) >= 11 is 0. The molecule has 0 radical (unpaired) electrons. The van der Waals surface area contributed by atoms with E-state index in [4.69, 9.17) is 4.74 Å². The number of aromatic nitrogens is 2. The number of nitrogens with one attached hydrogen (secondary N) is 2. The van der Waals surface area contributed by atoms with Crippen molar-refractivity contribution in [2.75, 3.05) is 30.8 Å². The Kier molecular flexibility index (Phi) is 4.55. The van der Waals surface area contributed by atoms with Gasteiger partial charge in [-0.3, -0.25) is 0 Å². The van der Waals surface area contributed by atoms with Crippen molar-refractivity contribution < 1.29 is 4.74 Å². The summed E-state index contributed by atoms with van der Waals surface area (Å²) in [6, 6.07) is 9.76. The number of hydrogen-bond donors (Lipinski definition) is 2. The van der Waals surface area contributed by atoms with Crippen LogP contribution in [0, 0.1) is 6.92 Å². The maximum Gasteiger partial charge on any atom is 0.134 e. The molecule has 0 saturated heterocycles. The SMILES string of the molecule is CNc1ncnc(NCCOc2ccccc2)c1C. The summed E-state index contributed by atoms with van der Waals surface area (Å²) in [6.07, 6.45) is 1.54. The van der Waals surface area contributed by atoms with E-state index < -0.39 is 0 Å². The molecule has 1 heterocycles. The number of para-hydroxylation sites is 1. The van der Waals surface area contributed by atoms with Gasteiger partial charge in [-0.2, -0.15) is 0 Å². The molecule has 0 aliphatic carbocycles. The molecule has 0 amide bonds. The van der Waals surface area contributed by atoms with Crippen molar-refractivity contribution in [2.24, 2.45) is 0 Å². The van der Waals surface area contributed by atoms with Crippen LogP contribution >= 0.6 is 0 Å². The largest absolute Gasteiger partial charge is 0.492 e. The molecule has 0 aliphatic heterocycles. The smallest absolute Gasteiger partial charge is 0.134 e. The predicted octanol–water partition coefficient (Wildman–Crippen LogP) is 2.32. The lowest BCUT2D eigenvalue weighted by Gasteiger charge is -2.11. The average Bonchev–Trinajstić information content (AvgIpc) is 2.46. The van der Waals surface area contributed by atoms with Crippen molar-refractivity contribution >= 4 is 11.6 Å². The monoisotopic (exact) mass is 258 g/mol. The highest BCUT2D eigenvalue weighted by Gasteiger charge is 2.04. The van der Waals surface area contributed by atoms with Gasteiger partial charge in [-0.15, -0.1) is 0 Å². The van der Waals surface area contributed by atoms with Crippen molar-refractivity contribution in [3.63, 3.8) is 0 Å². The van der Waals surface area contributed by atoms with Crippen LogP contribution in [0.25, 0.3) is 0 Å². The molecule has 0 spiro atoms. The highest BCUT2D eigenvalue weighted by atomic mass is 16.5. The predicted molar refractivity (Wildman–Crippen MR) is 76.7 cm³/mol. The standard InChI is InChI=1S/C14H18N4O/c1-11-13(15-2)17-10-18-14(11)16-8-9-19-12-6-4-3-5-7-12/h3-7,10H,8-9H2,1-2H3,(H2,15,16,17,18). The molecule has 0 atom stereocenters. The van der Waals surface area contributed by atoms with E-state index in [0.717, 1.165) is 22.9 Å².